The average Bonchev–Trinajstić information content (AvgIpc) is 3.50. The van der Waals surface area contributed by atoms with Gasteiger partial charge in [0.1, 0.15) is 11.8 Å². The number of H-pyrrole nitrogens is 1. The van der Waals surface area contributed by atoms with Gasteiger partial charge in [0.05, 0.1) is 6.33 Å². The zero-order chi connectivity index (χ0) is 28.7. The molecule has 218 valence electrons. The summed E-state index contributed by atoms with van der Waals surface area (Å²) in [5.74, 6) is 0.930. The summed E-state index contributed by atoms with van der Waals surface area (Å²) in [5.41, 5.74) is 16.8. The lowest BCUT2D eigenvalue weighted by Gasteiger charge is -2.42. The Hall–Kier alpha value is -2.75. The van der Waals surface area contributed by atoms with E-state index in [1.807, 2.05) is 24.3 Å². The van der Waals surface area contributed by atoms with Crippen molar-refractivity contribution in [3.8, 4) is 0 Å². The van der Waals surface area contributed by atoms with Crippen LogP contribution in [-0.4, -0.2) is 59.2 Å². The van der Waals surface area contributed by atoms with Crippen molar-refractivity contribution in [3.05, 3.63) is 82.4 Å². The molecule has 0 spiro atoms. The molecule has 41 heavy (non-hydrogen) atoms. The molecule has 0 amide bonds. The highest BCUT2D eigenvalue weighted by Gasteiger charge is 2.34. The molecule has 2 aromatic carbocycles. The molecule has 6 rings (SSSR count). The summed E-state index contributed by atoms with van der Waals surface area (Å²) in [5, 5.41) is 4.96. The van der Waals surface area contributed by atoms with E-state index in [0.29, 0.717) is 17.6 Å². The van der Waals surface area contributed by atoms with Crippen molar-refractivity contribution < 1.29 is 0 Å². The minimum atomic E-state index is 0.129. The fourth-order valence-electron chi connectivity index (χ4n) is 6.12. The minimum Gasteiger partial charge on any atom is -0.355 e. The van der Waals surface area contributed by atoms with Crippen molar-refractivity contribution in [3.63, 3.8) is 0 Å². The lowest BCUT2D eigenvalue weighted by atomic mass is 9.74. The van der Waals surface area contributed by atoms with Gasteiger partial charge in [-0.2, -0.15) is 0 Å². The molecule has 8 nitrogen and oxygen atoms in total. The molecule has 4 aromatic rings. The van der Waals surface area contributed by atoms with Crippen molar-refractivity contribution in [2.75, 3.05) is 44.2 Å². The monoisotopic (exact) mass is 594 g/mol. The number of aromatic nitrogens is 4. The maximum absolute atomic E-state index is 6.19. The van der Waals surface area contributed by atoms with Gasteiger partial charge >= 0.3 is 0 Å². The second kappa shape index (κ2) is 13.5. The number of benzene rings is 2. The predicted molar refractivity (Wildman–Crippen MR) is 169 cm³/mol. The lowest BCUT2D eigenvalue weighted by Crippen LogP contribution is -2.45. The third-order valence-corrected chi connectivity index (χ3v) is 9.35. The van der Waals surface area contributed by atoms with E-state index in [4.69, 9.17) is 34.7 Å². The van der Waals surface area contributed by atoms with Crippen molar-refractivity contribution in [1.82, 2.24) is 25.3 Å². The van der Waals surface area contributed by atoms with E-state index >= 15 is 0 Å². The summed E-state index contributed by atoms with van der Waals surface area (Å²) in [7, 11) is 0. The number of rotatable bonds is 7. The molecule has 0 radical (unpaired) electrons. The minimum absolute atomic E-state index is 0.129. The number of nitrogens with zero attached hydrogens (tertiary/aromatic N) is 4. The van der Waals surface area contributed by atoms with Gasteiger partial charge in [-0.25, -0.2) is 15.0 Å². The highest BCUT2D eigenvalue weighted by molar-refractivity contribution is 6.30. The van der Waals surface area contributed by atoms with Gasteiger partial charge in [0, 0.05) is 23.1 Å². The molecule has 0 unspecified atom stereocenters. The molecule has 10 heteroatoms. The van der Waals surface area contributed by atoms with E-state index in [-0.39, 0.29) is 5.41 Å². The van der Waals surface area contributed by atoms with Gasteiger partial charge in [0.25, 0.3) is 0 Å². The molecular weight excluding hydrogens is 555 g/mol. The van der Waals surface area contributed by atoms with Gasteiger partial charge in [0.15, 0.2) is 11.5 Å². The Bertz CT molecular complexity index is 1380. The lowest BCUT2D eigenvalue weighted by molar-refractivity contribution is 0.210. The summed E-state index contributed by atoms with van der Waals surface area (Å²) in [6, 6.07) is 16.3. The Kier molecular flexibility index (Phi) is 9.78. The van der Waals surface area contributed by atoms with E-state index < -0.39 is 0 Å². The highest BCUT2D eigenvalue weighted by atomic mass is 35.5. The summed E-state index contributed by atoms with van der Waals surface area (Å²) < 4.78 is 0. The third-order valence-electron chi connectivity index (χ3n) is 8.84. The van der Waals surface area contributed by atoms with Crippen molar-refractivity contribution in [2.24, 2.45) is 22.3 Å². The summed E-state index contributed by atoms with van der Waals surface area (Å²) in [6.07, 6.45) is 9.71. The van der Waals surface area contributed by atoms with Crippen LogP contribution in [0.1, 0.15) is 36.8 Å². The van der Waals surface area contributed by atoms with Gasteiger partial charge in [-0.3, -0.25) is 0 Å². The largest absolute Gasteiger partial charge is 0.355 e. The number of fused-ring (bicyclic) bond motifs is 1. The second-order valence-electron chi connectivity index (χ2n) is 11.6. The zero-order valence-electron chi connectivity index (χ0n) is 23.5. The SMILES string of the molecule is NCC1(Cc2ccc(Cl)cc2)CCN(c2ncnc3nc[nH]c23)CC1.NCC1(Cc2ccc(Cl)cc2)CCNCC1. The molecule has 0 bridgehead atoms. The van der Waals surface area contributed by atoms with Crippen LogP contribution in [0.3, 0.4) is 0 Å². The number of nitrogens with two attached hydrogens (primary N) is 2. The van der Waals surface area contributed by atoms with Crippen LogP contribution in [0.5, 0.6) is 0 Å². The molecule has 2 fully saturated rings. The van der Waals surface area contributed by atoms with E-state index in [0.717, 1.165) is 79.8 Å². The molecule has 0 saturated carbocycles. The van der Waals surface area contributed by atoms with E-state index in [1.165, 1.54) is 24.0 Å². The Morgan fingerprint density at radius 1 is 0.732 bits per heavy atom. The normalized spacial score (nSPS) is 18.1. The maximum Gasteiger partial charge on any atom is 0.182 e. The van der Waals surface area contributed by atoms with Crippen LogP contribution in [0.2, 0.25) is 10.0 Å². The quantitative estimate of drug-likeness (QED) is 0.237. The first-order valence-corrected chi connectivity index (χ1v) is 15.2. The second-order valence-corrected chi connectivity index (χ2v) is 12.4. The number of hydrogen-bond donors (Lipinski definition) is 4. The number of aromatic amines is 1. The number of imidazole rings is 1. The van der Waals surface area contributed by atoms with Gasteiger partial charge in [-0.1, -0.05) is 47.5 Å². The van der Waals surface area contributed by atoms with Crippen molar-refractivity contribution in [2.45, 2.75) is 38.5 Å². The number of halogens is 2. The molecule has 2 aliphatic heterocycles. The van der Waals surface area contributed by atoms with Crippen LogP contribution in [0.25, 0.3) is 11.2 Å². The van der Waals surface area contributed by atoms with Crippen LogP contribution >= 0.6 is 23.2 Å². The number of hydrogen-bond acceptors (Lipinski definition) is 7. The van der Waals surface area contributed by atoms with Crippen LogP contribution in [-0.2, 0) is 12.8 Å². The highest BCUT2D eigenvalue weighted by Crippen LogP contribution is 2.36. The Labute approximate surface area is 252 Å². The van der Waals surface area contributed by atoms with E-state index in [1.54, 1.807) is 12.7 Å². The Morgan fingerprint density at radius 2 is 1.27 bits per heavy atom. The first-order chi connectivity index (χ1) is 19.9. The average molecular weight is 596 g/mol. The van der Waals surface area contributed by atoms with E-state index in [2.05, 4.69) is 54.4 Å². The molecule has 4 heterocycles. The van der Waals surface area contributed by atoms with Gasteiger partial charge in [0.2, 0.25) is 0 Å². The summed E-state index contributed by atoms with van der Waals surface area (Å²) in [6.45, 7) is 5.49. The molecular formula is C31H40Cl2N8. The predicted octanol–water partition coefficient (Wildman–Crippen LogP) is 5.01. The zero-order valence-corrected chi connectivity index (χ0v) is 25.0. The van der Waals surface area contributed by atoms with E-state index in [9.17, 15) is 0 Å². The first kappa shape index (κ1) is 29.7. The van der Waals surface area contributed by atoms with Crippen molar-refractivity contribution >= 4 is 40.2 Å². The molecule has 2 saturated heterocycles. The van der Waals surface area contributed by atoms with Crippen molar-refractivity contribution in [1.29, 1.82) is 0 Å². The van der Waals surface area contributed by atoms with Gasteiger partial charge < -0.3 is 26.7 Å². The molecule has 6 N–H and O–H groups in total. The van der Waals surface area contributed by atoms with Crippen LogP contribution in [0.4, 0.5) is 5.82 Å². The summed E-state index contributed by atoms with van der Waals surface area (Å²) in [4.78, 5) is 18.3. The Morgan fingerprint density at radius 3 is 1.80 bits per heavy atom. The third kappa shape index (κ3) is 7.37. The number of nitrogens with one attached hydrogen (secondary N) is 2. The van der Waals surface area contributed by atoms with Gasteiger partial charge in [-0.05, 0) is 111 Å². The molecule has 0 atom stereocenters. The Balaban J connectivity index is 0.000000182. The topological polar surface area (TPSA) is 122 Å². The van der Waals surface area contributed by atoms with Crippen LogP contribution in [0, 0.1) is 10.8 Å². The molecule has 2 aromatic heterocycles. The van der Waals surface area contributed by atoms with Crippen LogP contribution < -0.4 is 21.7 Å². The molecule has 0 aliphatic carbocycles. The first-order valence-electron chi connectivity index (χ1n) is 14.4. The van der Waals surface area contributed by atoms with Gasteiger partial charge in [-0.15, -0.1) is 0 Å². The molecule has 2 aliphatic rings. The smallest absolute Gasteiger partial charge is 0.182 e. The maximum atomic E-state index is 6.19. The number of piperidine rings is 2. The standard InChI is InChI=1S/C18H21ClN6.C13H19ClN2/c19-14-3-1-13(2-4-14)9-18(10-20)5-7-25(8-6-18)17-15-16(22-11-21-15)23-12-24-17;14-12-3-1-11(2-4-12)9-13(10-15)5-7-16-8-6-13/h1-4,11-12H,5-10,20H2,(H,21,22,23,24);1-4,16H,5-10,15H2. The summed E-state index contributed by atoms with van der Waals surface area (Å²) >= 11 is 11.9. The fourth-order valence-corrected chi connectivity index (χ4v) is 6.37. The number of anilines is 1. The fraction of sp³-hybridized carbons (Fsp3) is 0.452. The van der Waals surface area contributed by atoms with Crippen LogP contribution in [0.15, 0.2) is 61.2 Å².